The van der Waals surface area contributed by atoms with Gasteiger partial charge in [-0.25, -0.2) is 33.8 Å². The van der Waals surface area contributed by atoms with Crippen LogP contribution < -0.4 is 62.4 Å². The van der Waals surface area contributed by atoms with Crippen molar-refractivity contribution in [2.75, 3.05) is 26.7 Å². The molecule has 18 nitrogen and oxygen atoms in total. The predicted molar refractivity (Wildman–Crippen MR) is 616 cm³/mol. The van der Waals surface area contributed by atoms with Gasteiger partial charge in [-0.05, 0) is 254 Å². The molecular formula is C122H139F3N18P4Ru3+4. The Kier molecular flexibility index (Phi) is 50.1. The quantitative estimate of drug-likeness (QED) is 0.0310. The zero-order valence-corrected chi connectivity index (χ0v) is 98.8. The Morgan fingerprint density at radius 2 is 0.580 bits per heavy atom. The van der Waals surface area contributed by atoms with E-state index >= 15 is 0 Å². The van der Waals surface area contributed by atoms with Crippen LogP contribution in [-0.4, -0.2) is 87.2 Å². The second kappa shape index (κ2) is 60.9. The largest absolute Gasteiger partial charge is 3.00 e. The predicted octanol–water partition coefficient (Wildman–Crippen LogP) is 25.9. The van der Waals surface area contributed by atoms with Gasteiger partial charge in [0.15, 0.2) is 0 Å². The molecule has 0 unspecified atom stereocenters. The molecule has 0 saturated carbocycles. The molecule has 0 N–H and O–H groups in total. The van der Waals surface area contributed by atoms with Gasteiger partial charge in [0.2, 0.25) is 0 Å². The monoisotopic (exact) mass is 2340 g/mol. The molecule has 12 heterocycles. The first-order valence-electron chi connectivity index (χ1n) is 49.8. The van der Waals surface area contributed by atoms with E-state index in [0.29, 0.717) is 29.4 Å². The molecule has 2 radical (unpaired) electrons. The zero-order valence-electron chi connectivity index (χ0n) is 89.6. The van der Waals surface area contributed by atoms with Crippen LogP contribution in [0.5, 0.6) is 0 Å². The number of benzene rings is 6. The Morgan fingerprint density at radius 3 is 0.833 bits per heavy atom. The van der Waals surface area contributed by atoms with E-state index in [-0.39, 0.29) is 90.8 Å². The van der Waals surface area contributed by atoms with E-state index in [1.807, 2.05) is 87.7 Å². The summed E-state index contributed by atoms with van der Waals surface area (Å²) in [4.78, 5) is 28.4. The molecule has 0 atom stereocenters. The van der Waals surface area contributed by atoms with Gasteiger partial charge in [-0.3, -0.25) is 9.97 Å². The van der Waals surface area contributed by atoms with Gasteiger partial charge in [0, 0.05) is 84.9 Å². The van der Waals surface area contributed by atoms with E-state index < -0.39 is 27.7 Å². The fraction of sp³-hybridized carbons (Fsp3) is 0.262. The summed E-state index contributed by atoms with van der Waals surface area (Å²) in [6.45, 7) is 53.3. The van der Waals surface area contributed by atoms with E-state index in [1.54, 1.807) is 24.7 Å². The molecule has 150 heavy (non-hydrogen) atoms. The van der Waals surface area contributed by atoms with Crippen molar-refractivity contribution in [3.63, 3.8) is 0 Å². The van der Waals surface area contributed by atoms with Gasteiger partial charge in [0.1, 0.15) is 5.69 Å². The van der Waals surface area contributed by atoms with E-state index in [9.17, 15) is 13.2 Å². The molecule has 12 aromatic heterocycles. The van der Waals surface area contributed by atoms with Gasteiger partial charge in [-0.1, -0.05) is 294 Å². The molecule has 0 aliphatic rings. The molecular weight excluding hydrogens is 2200 g/mol. The van der Waals surface area contributed by atoms with Gasteiger partial charge in [-0.2, -0.15) is 25.3 Å². The summed E-state index contributed by atoms with van der Waals surface area (Å²) >= 11 is 0. The topological polar surface area (TPSA) is 239 Å². The first-order chi connectivity index (χ1) is 70.4. The normalized spacial score (nSPS) is 11.2. The number of allylic oxidation sites excluding steroid dienone is 2. The number of rotatable bonds is 24. The summed E-state index contributed by atoms with van der Waals surface area (Å²) in [5.41, 5.74) is 20.7. The molecule has 0 amide bonds. The molecule has 0 saturated heterocycles. The Bertz CT molecular complexity index is 6630. The average Bonchev–Trinajstić information content (AvgIpc) is 0.825. The second-order valence-electron chi connectivity index (χ2n) is 40.1. The number of aromatic nitrogens is 18. The number of alkyl halides is 3. The molecule has 0 aliphatic heterocycles. The minimum absolute atomic E-state index is 0. The third-order valence-corrected chi connectivity index (χ3v) is 30.8. The maximum absolute atomic E-state index is 12.4. The van der Waals surface area contributed by atoms with Gasteiger partial charge < -0.3 is 61.2 Å². The van der Waals surface area contributed by atoms with Crippen LogP contribution in [0.2, 0.25) is 0 Å². The number of hydrogen-bond acceptors (Lipinski definition) is 12. The third kappa shape index (κ3) is 39.1. The third-order valence-electron chi connectivity index (χ3n) is 22.8. The van der Waals surface area contributed by atoms with Crippen molar-refractivity contribution in [3.8, 4) is 91.1 Å². The number of nitrogens with zero attached hydrogens (tertiary/aromatic N) is 18. The van der Waals surface area contributed by atoms with Gasteiger partial charge in [-0.15, -0.1) is 0 Å². The van der Waals surface area contributed by atoms with Crippen molar-refractivity contribution in [1.82, 2.24) is 91.1 Å². The van der Waals surface area contributed by atoms with Crippen LogP contribution in [0.3, 0.4) is 0 Å². The first kappa shape index (κ1) is 123. The van der Waals surface area contributed by atoms with Gasteiger partial charge in [0.25, 0.3) is 0 Å². The van der Waals surface area contributed by atoms with Gasteiger partial charge >= 0.3 is 64.6 Å². The summed E-state index contributed by atoms with van der Waals surface area (Å²) in [6.07, 6.45) is 9.97. The molecule has 28 heteroatoms. The van der Waals surface area contributed by atoms with Crippen molar-refractivity contribution in [2.45, 2.75) is 160 Å². The maximum atomic E-state index is 12.4. The van der Waals surface area contributed by atoms with Crippen molar-refractivity contribution in [2.24, 2.45) is 23.7 Å². The van der Waals surface area contributed by atoms with E-state index in [1.165, 1.54) is 48.5 Å². The Labute approximate surface area is 930 Å². The fourth-order valence-electron chi connectivity index (χ4n) is 15.9. The average molecular weight is 2340 g/mol. The molecule has 0 aliphatic carbocycles. The second-order valence-corrected chi connectivity index (χ2v) is 49.8. The molecule has 778 valence electrons. The summed E-state index contributed by atoms with van der Waals surface area (Å²) in [6, 6.07) is 99.1. The number of halogens is 3. The molecule has 18 rings (SSSR count). The van der Waals surface area contributed by atoms with E-state index in [2.05, 4.69) is 451 Å². The van der Waals surface area contributed by atoms with Crippen LogP contribution in [0.4, 0.5) is 13.2 Å². The molecule has 18 aromatic rings. The summed E-state index contributed by atoms with van der Waals surface area (Å²) < 4.78 is 37.3. The summed E-state index contributed by atoms with van der Waals surface area (Å²) in [7, 11) is -2.01. The molecule has 0 bridgehead atoms. The minimum atomic E-state index is -4.47. The fourth-order valence-corrected chi connectivity index (χ4v) is 21.7. The maximum Gasteiger partial charge on any atom is 3.00 e. The standard InChI is InChI=1S/C26H30N6.C24H26N6.2C15H14P.C13H13F3N3.C13H16N3.2C8H11P.3Ru/c1-15(2)7-19-11-21(27-23(13-19)25-9-17(5)29-31-25)22-12-20(8-16(3)4)14-24(28-22)26-10-18(6)30-32-26;1-23(2,3)15-7-9-17(19-11-13-25-29-19)27-21(15)22-16(24(4,5)6)8-10-18(28-22)20-12-14-26-30-20;2*1-2-13-16(14-9-5-3-6-10-14)15-11-7-4-8-12-15;1-8(2)5-9-3-4-17-10(6-9)11-7-12(19-18-11)13(14,15)16;1-9(2)6-11-4-5-14-12(8-11)13-7-10(3)15-16-13;2*1-9(2)8-6-4-3-5-7-8;;;/h9-16H,7-8H2,1-6H3;7-14H,1-6H3;2*2-13H,1H2;3-4,6-8H,5H2,1-2H3;4-5,7-9H,6H2,1-3H3;2*3-7H,1-2H3;;;/q2*-2;4*-1;;;+2;2*+3/p+4. The summed E-state index contributed by atoms with van der Waals surface area (Å²) in [5.74, 6) is 6.65. The minimum Gasteiger partial charge on any atom is -0.574 e. The number of aryl methyl sites for hydroxylation is 3. The van der Waals surface area contributed by atoms with Crippen LogP contribution in [0, 0.1) is 58.3 Å². The molecule has 0 spiro atoms. The van der Waals surface area contributed by atoms with Crippen LogP contribution in [0.25, 0.3) is 91.1 Å². The van der Waals surface area contributed by atoms with E-state index in [0.717, 1.165) is 145 Å². The van der Waals surface area contributed by atoms with Crippen LogP contribution in [0.15, 0.2) is 340 Å². The number of pyridine rings is 6. The van der Waals surface area contributed by atoms with E-state index in [4.69, 9.17) is 19.9 Å². The van der Waals surface area contributed by atoms with Crippen LogP contribution in [0.1, 0.15) is 153 Å². The van der Waals surface area contributed by atoms with Crippen LogP contribution in [-0.2, 0) is 101 Å². The van der Waals surface area contributed by atoms with Crippen molar-refractivity contribution < 1.29 is 71.6 Å². The van der Waals surface area contributed by atoms with Crippen LogP contribution >= 0.6 is 31.7 Å². The van der Waals surface area contributed by atoms with Crippen molar-refractivity contribution >= 4 is 63.5 Å². The Balaban J connectivity index is 0.000000215. The zero-order chi connectivity index (χ0) is 106. The molecule has 6 aromatic carbocycles. The smallest absolute Gasteiger partial charge is 0.574 e. The van der Waals surface area contributed by atoms with Crippen molar-refractivity contribution in [1.29, 1.82) is 0 Å². The Hall–Kier alpha value is -11.9. The first-order valence-corrected chi connectivity index (χ1v) is 58.0. The SMILES string of the molecule is CC(C)(C)c1ccc(-c2ccn[n-]2)nc1-c1nc(-c2ccn[n-]2)ccc1C(C)(C)C.CC(C)Cc1ccnc(-c2cc(C(F)(F)F)n[n-]2)c1.C[PH+](C)c1ccccc1.C[PH+](C)c1ccccc1.Cc1cc(-c2cc(CC(C)C)cc(-c3cc(CC(C)C)cc(-c4cc(C)n[n-]4)n3)n2)[n-]n1.Cc1cc(-c2cc(CC(C)C)ccn2)[n-]n1.[CH2-]C=C[PH+](c1ccccc1)c1ccccc1.[CH2-]C=C[PH+](c1ccccc1)c1ccccc1.[Ru+2].[Ru+3].[Ru+3]. The molecule has 0 fully saturated rings. The number of hydrogen-bond donors (Lipinski definition) is 0. The van der Waals surface area contributed by atoms with Gasteiger partial charge in [0.05, 0.1) is 104 Å². The summed E-state index contributed by atoms with van der Waals surface area (Å²) in [5, 5.41) is 56.7. The van der Waals surface area contributed by atoms with Crippen molar-refractivity contribution in [3.05, 3.63) is 410 Å². The Morgan fingerprint density at radius 1 is 0.300 bits per heavy atom.